The van der Waals surface area contributed by atoms with Crippen LogP contribution in [-0.4, -0.2) is 28.9 Å². The van der Waals surface area contributed by atoms with Gasteiger partial charge >= 0.3 is 4.87 Å². The number of hydrogen-bond donors (Lipinski definition) is 0. The van der Waals surface area contributed by atoms with Crippen LogP contribution < -0.4 is 14.0 Å². The van der Waals surface area contributed by atoms with Crippen molar-refractivity contribution in [3.63, 3.8) is 0 Å². The Labute approximate surface area is 179 Å². The van der Waals surface area contributed by atoms with E-state index in [-0.39, 0.29) is 26.1 Å². The summed E-state index contributed by atoms with van der Waals surface area (Å²) in [5.41, 5.74) is -0.501. The average Bonchev–Trinajstić information content (AvgIpc) is 3.23. The third-order valence-electron chi connectivity index (χ3n) is 4.20. The quantitative estimate of drug-likeness (QED) is 0.612. The van der Waals surface area contributed by atoms with Gasteiger partial charge in [0.2, 0.25) is 10.7 Å². The van der Waals surface area contributed by atoms with Crippen LogP contribution in [0, 0.1) is 11.7 Å². The number of fused-ring (bicyclic) bond motifs is 1. The largest absolute Gasteiger partial charge is 0.325 e. The molecule has 0 atom stereocenters. The zero-order valence-electron chi connectivity index (χ0n) is 15.4. The van der Waals surface area contributed by atoms with E-state index in [2.05, 4.69) is 4.99 Å². The van der Waals surface area contributed by atoms with E-state index in [1.807, 2.05) is 0 Å². The molecule has 1 amide bonds. The molecule has 0 unspecified atom stereocenters. The van der Waals surface area contributed by atoms with Gasteiger partial charge < -0.3 is 0 Å². The van der Waals surface area contributed by atoms with E-state index >= 15 is 0 Å². The second kappa shape index (κ2) is 8.21. The Morgan fingerprint density at radius 3 is 2.62 bits per heavy atom. The summed E-state index contributed by atoms with van der Waals surface area (Å²) in [5.74, 6) is -2.28. The van der Waals surface area contributed by atoms with Crippen molar-refractivity contribution >= 4 is 61.8 Å². The lowest BCUT2D eigenvalue weighted by molar-refractivity contribution is -0.120. The van der Waals surface area contributed by atoms with Gasteiger partial charge in [-0.1, -0.05) is 25.4 Å². The molecule has 1 aromatic carbocycles. The molecule has 0 spiro atoms. The summed E-state index contributed by atoms with van der Waals surface area (Å²) in [5, 5.41) is -1.15. The average molecular weight is 483 g/mol. The van der Waals surface area contributed by atoms with Crippen LogP contribution in [0.3, 0.4) is 0 Å². The first-order chi connectivity index (χ1) is 13.6. The summed E-state index contributed by atoms with van der Waals surface area (Å²) >= 11 is 12.5. The molecule has 2 heterocycles. The highest BCUT2D eigenvalue weighted by Crippen LogP contribution is 2.35. The smallest absolute Gasteiger partial charge is 0.273 e. The molecule has 1 aliphatic heterocycles. The number of anilines is 1. The molecule has 8 nitrogen and oxygen atoms in total. The molecule has 158 valence electrons. The Balaban J connectivity index is 2.22. The fraction of sp³-hybridized carbons (Fsp3) is 0.438. The van der Waals surface area contributed by atoms with Gasteiger partial charge in [0, 0.05) is 19.0 Å². The molecule has 13 heteroatoms. The van der Waals surface area contributed by atoms with Gasteiger partial charge in [-0.05, 0) is 29.9 Å². The van der Waals surface area contributed by atoms with Crippen LogP contribution in [0.5, 0.6) is 0 Å². The molecule has 3 rings (SSSR count). The monoisotopic (exact) mass is 482 g/mol. The number of alkyl halides is 1. The molecular weight excluding hydrogens is 466 g/mol. The van der Waals surface area contributed by atoms with Crippen molar-refractivity contribution in [3.8, 4) is 0 Å². The van der Waals surface area contributed by atoms with Crippen molar-refractivity contribution < 1.29 is 17.6 Å². The van der Waals surface area contributed by atoms with E-state index in [9.17, 15) is 22.4 Å². The van der Waals surface area contributed by atoms with Crippen molar-refractivity contribution in [3.05, 3.63) is 37.4 Å². The van der Waals surface area contributed by atoms with E-state index in [1.165, 1.54) is 18.5 Å². The van der Waals surface area contributed by atoms with Crippen LogP contribution in [0.4, 0.5) is 15.8 Å². The standard InChI is InChI=1S/C16H17Cl2FN4O4S2/c1-9(2)14(24)23(29(26,27)8-17)13-7-12(11(19)6-10(13)18)20-15-21-4-3-5-22(21)16(25)28-15/h6-7,9H,3-5,8H2,1-2H3/b20-15-. The number of rotatable bonds is 5. The maximum atomic E-state index is 14.5. The fourth-order valence-corrected chi connectivity index (χ4v) is 5.33. The zero-order valence-corrected chi connectivity index (χ0v) is 18.6. The van der Waals surface area contributed by atoms with Crippen molar-refractivity contribution in [1.29, 1.82) is 0 Å². The highest BCUT2D eigenvalue weighted by Gasteiger charge is 2.32. The van der Waals surface area contributed by atoms with Gasteiger partial charge in [0.05, 0.1) is 10.7 Å². The van der Waals surface area contributed by atoms with Crippen LogP contribution in [0.15, 0.2) is 21.9 Å². The van der Waals surface area contributed by atoms with Crippen molar-refractivity contribution in [2.75, 3.05) is 9.52 Å². The Kier molecular flexibility index (Phi) is 6.23. The molecule has 0 radical (unpaired) electrons. The van der Waals surface area contributed by atoms with E-state index in [0.29, 0.717) is 17.4 Å². The SMILES string of the molecule is CC(C)C(=O)N(c1cc(/N=c2\sc(=O)n3n2CCC3)c(F)cc1Cl)S(=O)(=O)CCl. The first kappa shape index (κ1) is 22.0. The molecular formula is C16H17Cl2FN4O4S2. The number of sulfonamides is 1. The van der Waals surface area contributed by atoms with Crippen LogP contribution in [0.2, 0.25) is 5.02 Å². The van der Waals surface area contributed by atoms with Crippen LogP contribution in [0.25, 0.3) is 0 Å². The highest BCUT2D eigenvalue weighted by atomic mass is 35.5. The minimum atomic E-state index is -4.24. The Hall–Kier alpha value is -1.69. The lowest BCUT2D eigenvalue weighted by Crippen LogP contribution is -2.40. The number of amides is 1. The lowest BCUT2D eigenvalue weighted by Gasteiger charge is -2.24. The number of carbonyl (C=O) groups is 1. The van der Waals surface area contributed by atoms with E-state index in [4.69, 9.17) is 23.2 Å². The van der Waals surface area contributed by atoms with Crippen molar-refractivity contribution in [1.82, 2.24) is 9.36 Å². The van der Waals surface area contributed by atoms with E-state index in [0.717, 1.165) is 29.9 Å². The van der Waals surface area contributed by atoms with E-state index in [1.54, 1.807) is 4.68 Å². The highest BCUT2D eigenvalue weighted by molar-refractivity contribution is 7.94. The normalized spacial score (nSPS) is 14.5. The second-order valence-corrected chi connectivity index (χ2v) is 10.3. The molecule has 2 aromatic rings. The molecule has 1 aromatic heterocycles. The molecule has 29 heavy (non-hydrogen) atoms. The number of benzene rings is 1. The minimum absolute atomic E-state index is 0.225. The molecule has 0 fully saturated rings. The third kappa shape index (κ3) is 4.14. The topological polar surface area (TPSA) is 93.7 Å². The molecule has 0 saturated heterocycles. The third-order valence-corrected chi connectivity index (χ3v) is 7.41. The van der Waals surface area contributed by atoms with Crippen LogP contribution in [0.1, 0.15) is 20.3 Å². The summed E-state index contributed by atoms with van der Waals surface area (Å²) in [4.78, 5) is 28.8. The summed E-state index contributed by atoms with van der Waals surface area (Å²) < 4.78 is 43.0. The van der Waals surface area contributed by atoms with Crippen molar-refractivity contribution in [2.45, 2.75) is 33.4 Å². The predicted molar refractivity (Wildman–Crippen MR) is 110 cm³/mol. The number of carbonyl (C=O) groups excluding carboxylic acids is 1. The Morgan fingerprint density at radius 2 is 2.00 bits per heavy atom. The first-order valence-corrected chi connectivity index (χ1v) is 11.9. The second-order valence-electron chi connectivity index (χ2n) is 6.60. The Morgan fingerprint density at radius 1 is 1.34 bits per heavy atom. The lowest BCUT2D eigenvalue weighted by atomic mass is 10.2. The number of nitrogens with zero attached hydrogens (tertiary/aromatic N) is 4. The molecule has 0 N–H and O–H groups in total. The molecule has 0 aliphatic carbocycles. The Bertz CT molecular complexity index is 1200. The van der Waals surface area contributed by atoms with Crippen molar-refractivity contribution in [2.24, 2.45) is 10.9 Å². The molecule has 0 saturated carbocycles. The summed E-state index contributed by atoms with van der Waals surface area (Å²) in [7, 11) is -4.24. The molecule has 1 aliphatic rings. The predicted octanol–water partition coefficient (Wildman–Crippen LogP) is 2.66. The van der Waals surface area contributed by atoms with Gasteiger partial charge in [0.25, 0.3) is 10.0 Å². The van der Waals surface area contributed by atoms with Crippen LogP contribution >= 0.6 is 34.5 Å². The van der Waals surface area contributed by atoms with E-state index < -0.39 is 32.9 Å². The number of halogens is 3. The maximum Gasteiger partial charge on any atom is 0.325 e. The maximum absolute atomic E-state index is 14.5. The van der Waals surface area contributed by atoms with Gasteiger partial charge in [-0.2, -0.15) is 0 Å². The van der Waals surface area contributed by atoms with Crippen LogP contribution in [-0.2, 0) is 27.9 Å². The number of aromatic nitrogens is 2. The zero-order chi connectivity index (χ0) is 21.5. The van der Waals surface area contributed by atoms with Gasteiger partial charge in [-0.15, -0.1) is 11.6 Å². The number of hydrogen-bond acceptors (Lipinski definition) is 6. The summed E-state index contributed by atoms with van der Waals surface area (Å²) in [6.45, 7) is 4.13. The minimum Gasteiger partial charge on any atom is -0.273 e. The van der Waals surface area contributed by atoms with Gasteiger partial charge in [-0.3, -0.25) is 14.3 Å². The van der Waals surface area contributed by atoms with Gasteiger partial charge in [-0.25, -0.2) is 26.8 Å². The first-order valence-electron chi connectivity index (χ1n) is 8.54. The van der Waals surface area contributed by atoms with Gasteiger partial charge in [0.15, 0.2) is 5.82 Å². The fourth-order valence-electron chi connectivity index (χ4n) is 2.82. The summed E-state index contributed by atoms with van der Waals surface area (Å²) in [6, 6.07) is 1.95. The molecule has 0 bridgehead atoms. The summed E-state index contributed by atoms with van der Waals surface area (Å²) in [6.07, 6.45) is 0.754. The van der Waals surface area contributed by atoms with Gasteiger partial charge in [0.1, 0.15) is 10.9 Å².